The summed E-state index contributed by atoms with van der Waals surface area (Å²) in [6.07, 6.45) is -20.5. The molecule has 1 unspecified atom stereocenters. The number of hydrogen-bond donors (Lipinski definition) is 13. The molecule has 0 aromatic rings. The molecule has 5 heterocycles. The predicted molar refractivity (Wildman–Crippen MR) is 249 cm³/mol. The van der Waals surface area contributed by atoms with Crippen molar-refractivity contribution < 1.29 is 109 Å². The quantitative estimate of drug-likeness (QED) is 0.0839. The Labute approximate surface area is 426 Å². The number of fused-ring (bicyclic) bond motifs is 7. The van der Waals surface area contributed by atoms with E-state index in [-0.39, 0.29) is 41.3 Å². The maximum atomic E-state index is 12.1. The molecule has 31 atom stereocenters. The van der Waals surface area contributed by atoms with Gasteiger partial charge in [0.1, 0.15) is 85.5 Å². The molecule has 22 heteroatoms. The molecule has 8 fully saturated rings. The van der Waals surface area contributed by atoms with Crippen LogP contribution in [0.3, 0.4) is 0 Å². The molecule has 13 N–H and O–H groups in total. The van der Waals surface area contributed by atoms with Crippen molar-refractivity contribution >= 4 is 0 Å². The topological polar surface area (TPSA) is 346 Å². The van der Waals surface area contributed by atoms with Gasteiger partial charge in [-0.1, -0.05) is 39.3 Å². The summed E-state index contributed by atoms with van der Waals surface area (Å²) in [5, 5.41) is 139. The smallest absolute Gasteiger partial charge is 0.187 e. The van der Waals surface area contributed by atoms with Gasteiger partial charge in [-0.05, 0) is 106 Å². The lowest BCUT2D eigenvalue weighted by Gasteiger charge is -2.58. The summed E-state index contributed by atoms with van der Waals surface area (Å²) in [5.41, 5.74) is 1.07. The fraction of sp³-hybridized carbons (Fsp3) is 0.961. The second-order valence-corrected chi connectivity index (χ2v) is 23.8. The lowest BCUT2D eigenvalue weighted by atomic mass is 9.47. The molecule has 5 saturated heterocycles. The van der Waals surface area contributed by atoms with Crippen molar-refractivity contribution in [1.29, 1.82) is 0 Å². The monoisotopic (exact) mass is 1050 g/mol. The van der Waals surface area contributed by atoms with Crippen LogP contribution in [-0.2, 0) is 42.6 Å². The summed E-state index contributed by atoms with van der Waals surface area (Å²) < 4.78 is 54.6. The average molecular weight is 1050 g/mol. The number of allylic oxidation sites excluding steroid dienone is 1. The third kappa shape index (κ3) is 10.2. The van der Waals surface area contributed by atoms with Gasteiger partial charge in [-0.15, -0.1) is 0 Å². The fourth-order valence-electron chi connectivity index (χ4n) is 14.9. The van der Waals surface area contributed by atoms with E-state index in [1.807, 2.05) is 6.92 Å². The van der Waals surface area contributed by atoms with E-state index >= 15 is 0 Å². The standard InChI is InChI=1S/C51H84O22/c1-20(19-65-45-39(60)38(59)35(56)30(17-52)69-45)9-14-51(64)21(2)32-29(73-51)16-28-26-8-7-24-15-25(10-12-49(24,5)27(26)11-13-50(28,32)6)68-48-44(72-47-41(62)37(58)34(55)23(4)67-47)42(63)43(31(18-53)70-48)71-46-40(61)36(57)33(54)22(3)66-46/h7,20-23,25-48,52-64H,8-19H2,1-6H3/t20-,21+,22+,23+,25+,26-,27+,28+,29+,30-,31-,32+,33+,34+,35-,36-,37-,38+,39-,40-,41-,42+,43-,44-,45-,46+,47+,48-,49+,50+,51?/m1/s1. The lowest BCUT2D eigenvalue weighted by Crippen LogP contribution is -2.66. The second kappa shape index (κ2) is 21.8. The van der Waals surface area contributed by atoms with E-state index < -0.39 is 148 Å². The predicted octanol–water partition coefficient (Wildman–Crippen LogP) is -1.98. The molecule has 0 radical (unpaired) electrons. The minimum Gasteiger partial charge on any atom is -0.394 e. The van der Waals surface area contributed by atoms with Gasteiger partial charge in [0, 0.05) is 12.3 Å². The minimum atomic E-state index is -1.75. The number of hydrogen-bond acceptors (Lipinski definition) is 22. The summed E-state index contributed by atoms with van der Waals surface area (Å²) in [6, 6.07) is 0. The Kier molecular flexibility index (Phi) is 16.9. The van der Waals surface area contributed by atoms with E-state index in [0.717, 1.165) is 32.1 Å². The van der Waals surface area contributed by atoms with Crippen LogP contribution in [0, 0.1) is 46.3 Å². The zero-order chi connectivity index (χ0) is 52.8. The first-order chi connectivity index (χ1) is 34.5. The molecule has 9 aliphatic rings. The highest BCUT2D eigenvalue weighted by atomic mass is 16.8. The summed E-state index contributed by atoms with van der Waals surface area (Å²) in [5.74, 6) is -0.232. The minimum absolute atomic E-state index is 0.0589. The Bertz CT molecular complexity index is 1900. The first kappa shape index (κ1) is 56.6. The molecule has 0 aromatic heterocycles. The number of ether oxygens (including phenoxy) is 9. The van der Waals surface area contributed by atoms with Crippen LogP contribution in [0.5, 0.6) is 0 Å². The van der Waals surface area contributed by atoms with Gasteiger partial charge in [-0.2, -0.15) is 0 Å². The average Bonchev–Trinajstić information content (AvgIpc) is 3.80. The SMILES string of the molecule is C[C@H](CCC1(O)O[C@H]2C[C@H]3[C@@H]4CC=C5C[C@@H](O[C@@H]6O[C@H](CO)[C@@H](O[C@@H]7O[C@@H](C)[C@H](O)[C@@H](O)[C@H]7O)[C@H](O)[C@H]6O[C@@H]6O[C@@H](C)[C@H](O)[C@@H](O)[C@H]6O)CC[C@]5(C)[C@H]4CC[C@]3(C)[C@H]2[C@@H]1C)CO[C@@H]1O[C@H](CO)[C@@H](O)[C@H](O)[C@H]1O. The van der Waals surface area contributed by atoms with Crippen molar-refractivity contribution in [2.24, 2.45) is 46.3 Å². The van der Waals surface area contributed by atoms with Crippen LogP contribution in [-0.4, -0.2) is 227 Å². The highest BCUT2D eigenvalue weighted by molar-refractivity contribution is 5.26. The van der Waals surface area contributed by atoms with Gasteiger partial charge < -0.3 is 109 Å². The Morgan fingerprint density at radius 2 is 1.23 bits per heavy atom. The Hall–Kier alpha value is -1.14. The molecule has 4 aliphatic carbocycles. The van der Waals surface area contributed by atoms with Crippen LogP contribution in [0.4, 0.5) is 0 Å². The van der Waals surface area contributed by atoms with Crippen LogP contribution >= 0.6 is 0 Å². The Morgan fingerprint density at radius 3 is 1.86 bits per heavy atom. The molecule has 420 valence electrons. The van der Waals surface area contributed by atoms with Crippen molar-refractivity contribution in [3.05, 3.63) is 11.6 Å². The van der Waals surface area contributed by atoms with Gasteiger partial charge in [0.25, 0.3) is 0 Å². The van der Waals surface area contributed by atoms with Crippen molar-refractivity contribution in [2.45, 2.75) is 240 Å². The molecule has 22 nitrogen and oxygen atoms in total. The molecule has 3 saturated carbocycles. The van der Waals surface area contributed by atoms with Crippen molar-refractivity contribution in [3.8, 4) is 0 Å². The molecule has 9 rings (SSSR count). The highest BCUT2D eigenvalue weighted by Gasteiger charge is 2.68. The van der Waals surface area contributed by atoms with E-state index in [9.17, 15) is 66.4 Å². The van der Waals surface area contributed by atoms with Gasteiger partial charge >= 0.3 is 0 Å². The van der Waals surface area contributed by atoms with Crippen LogP contribution in [0.25, 0.3) is 0 Å². The largest absolute Gasteiger partial charge is 0.394 e. The maximum Gasteiger partial charge on any atom is 0.187 e. The summed E-state index contributed by atoms with van der Waals surface area (Å²) in [6.45, 7) is 10.7. The first-order valence-electron chi connectivity index (χ1n) is 26.8. The molecule has 0 amide bonds. The second-order valence-electron chi connectivity index (χ2n) is 23.8. The van der Waals surface area contributed by atoms with Crippen molar-refractivity contribution in [2.75, 3.05) is 19.8 Å². The Morgan fingerprint density at radius 1 is 0.644 bits per heavy atom. The normalized spacial score (nSPS) is 55.5. The van der Waals surface area contributed by atoms with Crippen molar-refractivity contribution in [3.63, 3.8) is 0 Å². The van der Waals surface area contributed by atoms with Crippen LogP contribution < -0.4 is 0 Å². The van der Waals surface area contributed by atoms with E-state index in [2.05, 4.69) is 26.8 Å². The molecule has 5 aliphatic heterocycles. The van der Waals surface area contributed by atoms with Gasteiger partial charge in [0.2, 0.25) is 0 Å². The molecular weight excluding hydrogens is 965 g/mol. The van der Waals surface area contributed by atoms with Gasteiger partial charge in [0.15, 0.2) is 30.9 Å². The van der Waals surface area contributed by atoms with Crippen LogP contribution in [0.1, 0.15) is 99.3 Å². The van der Waals surface area contributed by atoms with Gasteiger partial charge in [-0.25, -0.2) is 0 Å². The van der Waals surface area contributed by atoms with Crippen molar-refractivity contribution in [1.82, 2.24) is 0 Å². The van der Waals surface area contributed by atoms with E-state index in [4.69, 9.17) is 42.6 Å². The van der Waals surface area contributed by atoms with E-state index in [0.29, 0.717) is 43.4 Å². The maximum absolute atomic E-state index is 12.1. The summed E-state index contributed by atoms with van der Waals surface area (Å²) in [7, 11) is 0. The first-order valence-corrected chi connectivity index (χ1v) is 26.8. The highest BCUT2D eigenvalue weighted by Crippen LogP contribution is 2.70. The van der Waals surface area contributed by atoms with Gasteiger partial charge in [-0.3, -0.25) is 0 Å². The summed E-state index contributed by atoms with van der Waals surface area (Å²) >= 11 is 0. The lowest BCUT2D eigenvalue weighted by molar-refractivity contribution is -0.388. The number of aliphatic hydroxyl groups is 13. The molecule has 0 aromatic carbocycles. The molecule has 73 heavy (non-hydrogen) atoms. The van der Waals surface area contributed by atoms with Crippen LogP contribution in [0.2, 0.25) is 0 Å². The zero-order valence-corrected chi connectivity index (χ0v) is 42.7. The van der Waals surface area contributed by atoms with E-state index in [1.165, 1.54) is 19.4 Å². The van der Waals surface area contributed by atoms with Crippen LogP contribution in [0.15, 0.2) is 11.6 Å². The Balaban J connectivity index is 0.846. The third-order valence-corrected chi connectivity index (χ3v) is 19.5. The zero-order valence-electron chi connectivity index (χ0n) is 42.7. The summed E-state index contributed by atoms with van der Waals surface area (Å²) in [4.78, 5) is 0. The number of rotatable bonds is 14. The molecule has 0 bridgehead atoms. The molecular formula is C51H84O22. The fourth-order valence-corrected chi connectivity index (χ4v) is 14.9. The van der Waals surface area contributed by atoms with Gasteiger partial charge in [0.05, 0.1) is 44.2 Å². The number of aliphatic hydroxyl groups excluding tert-OH is 12. The van der Waals surface area contributed by atoms with E-state index in [1.54, 1.807) is 0 Å². The molecule has 0 spiro atoms. The third-order valence-electron chi connectivity index (χ3n) is 19.5.